The SMILES string of the molecule is Cc1nc(C)c(CCC(=O)Nc2ccc(-c3ccccc3)nn2)c(=O)[nH]1. The molecule has 0 radical (unpaired) electrons. The van der Waals surface area contributed by atoms with Gasteiger partial charge in [0.25, 0.3) is 5.56 Å². The van der Waals surface area contributed by atoms with Crippen LogP contribution in [0.1, 0.15) is 23.5 Å². The third-order valence-electron chi connectivity index (χ3n) is 3.94. The third kappa shape index (κ3) is 4.18. The van der Waals surface area contributed by atoms with E-state index >= 15 is 0 Å². The lowest BCUT2D eigenvalue weighted by molar-refractivity contribution is -0.116. The molecule has 0 unspecified atom stereocenters. The summed E-state index contributed by atoms with van der Waals surface area (Å²) >= 11 is 0. The molecule has 0 saturated heterocycles. The lowest BCUT2D eigenvalue weighted by atomic mass is 10.1. The van der Waals surface area contributed by atoms with Crippen molar-refractivity contribution in [2.75, 3.05) is 5.32 Å². The largest absolute Gasteiger partial charge is 0.311 e. The molecule has 3 aromatic rings. The van der Waals surface area contributed by atoms with Crippen molar-refractivity contribution in [3.8, 4) is 11.3 Å². The van der Waals surface area contributed by atoms with Crippen molar-refractivity contribution < 1.29 is 4.79 Å². The first kappa shape index (κ1) is 17.5. The van der Waals surface area contributed by atoms with Crippen LogP contribution in [0.4, 0.5) is 5.82 Å². The number of hydrogen-bond acceptors (Lipinski definition) is 5. The van der Waals surface area contributed by atoms with E-state index in [1.165, 1.54) is 0 Å². The van der Waals surface area contributed by atoms with Crippen LogP contribution in [-0.4, -0.2) is 26.1 Å². The predicted molar refractivity (Wildman–Crippen MR) is 98.8 cm³/mol. The van der Waals surface area contributed by atoms with Crippen LogP contribution in [-0.2, 0) is 11.2 Å². The van der Waals surface area contributed by atoms with Gasteiger partial charge in [0.1, 0.15) is 5.82 Å². The van der Waals surface area contributed by atoms with Gasteiger partial charge in [-0.15, -0.1) is 10.2 Å². The summed E-state index contributed by atoms with van der Waals surface area (Å²) in [5.41, 5.74) is 2.66. The second kappa shape index (κ2) is 7.69. The third-order valence-corrected chi connectivity index (χ3v) is 3.94. The predicted octanol–water partition coefficient (Wildman–Crippen LogP) is 2.42. The Morgan fingerprint density at radius 3 is 2.50 bits per heavy atom. The second-order valence-electron chi connectivity index (χ2n) is 5.93. The van der Waals surface area contributed by atoms with Crippen LogP contribution in [0.5, 0.6) is 0 Å². The van der Waals surface area contributed by atoms with Gasteiger partial charge in [0, 0.05) is 23.2 Å². The number of carbonyl (C=O) groups excluding carboxylic acids is 1. The van der Waals surface area contributed by atoms with Crippen molar-refractivity contribution in [1.82, 2.24) is 20.2 Å². The second-order valence-corrected chi connectivity index (χ2v) is 5.93. The van der Waals surface area contributed by atoms with Crippen molar-refractivity contribution >= 4 is 11.7 Å². The molecule has 7 nitrogen and oxygen atoms in total. The van der Waals surface area contributed by atoms with Crippen molar-refractivity contribution in [3.05, 3.63) is 69.9 Å². The van der Waals surface area contributed by atoms with E-state index in [1.807, 2.05) is 30.3 Å². The Hall–Kier alpha value is -3.35. The first-order valence-electron chi connectivity index (χ1n) is 8.28. The molecule has 2 N–H and O–H groups in total. The fourth-order valence-electron chi connectivity index (χ4n) is 2.65. The average molecular weight is 349 g/mol. The zero-order valence-electron chi connectivity index (χ0n) is 14.6. The summed E-state index contributed by atoms with van der Waals surface area (Å²) in [6.07, 6.45) is 0.479. The number of aromatic nitrogens is 4. The van der Waals surface area contributed by atoms with Crippen LogP contribution < -0.4 is 10.9 Å². The summed E-state index contributed by atoms with van der Waals surface area (Å²) in [7, 11) is 0. The van der Waals surface area contributed by atoms with E-state index in [-0.39, 0.29) is 17.9 Å². The van der Waals surface area contributed by atoms with Crippen molar-refractivity contribution in [2.45, 2.75) is 26.7 Å². The number of anilines is 1. The fourth-order valence-corrected chi connectivity index (χ4v) is 2.65. The van der Waals surface area contributed by atoms with Gasteiger partial charge in [-0.05, 0) is 32.4 Å². The maximum absolute atomic E-state index is 12.1. The molecule has 3 rings (SSSR count). The molecule has 0 fully saturated rings. The summed E-state index contributed by atoms with van der Waals surface area (Å²) in [6.45, 7) is 3.49. The highest BCUT2D eigenvalue weighted by Crippen LogP contribution is 2.16. The summed E-state index contributed by atoms with van der Waals surface area (Å²) in [5, 5.41) is 10.9. The van der Waals surface area contributed by atoms with E-state index in [0.717, 1.165) is 11.3 Å². The molecular weight excluding hydrogens is 330 g/mol. The monoisotopic (exact) mass is 349 g/mol. The highest BCUT2D eigenvalue weighted by molar-refractivity contribution is 5.89. The van der Waals surface area contributed by atoms with E-state index in [1.54, 1.807) is 26.0 Å². The zero-order valence-corrected chi connectivity index (χ0v) is 14.6. The van der Waals surface area contributed by atoms with Crippen LogP contribution in [0.25, 0.3) is 11.3 Å². The minimum absolute atomic E-state index is 0.163. The van der Waals surface area contributed by atoms with E-state index in [4.69, 9.17) is 0 Å². The number of aryl methyl sites for hydroxylation is 2. The molecule has 26 heavy (non-hydrogen) atoms. The van der Waals surface area contributed by atoms with E-state index in [0.29, 0.717) is 29.3 Å². The lowest BCUT2D eigenvalue weighted by Gasteiger charge is -2.06. The van der Waals surface area contributed by atoms with Crippen molar-refractivity contribution in [3.63, 3.8) is 0 Å². The van der Waals surface area contributed by atoms with Crippen LogP contribution in [0, 0.1) is 13.8 Å². The Bertz CT molecular complexity index is 965. The number of carbonyl (C=O) groups is 1. The van der Waals surface area contributed by atoms with Gasteiger partial charge in [0.05, 0.1) is 5.69 Å². The van der Waals surface area contributed by atoms with E-state index < -0.39 is 0 Å². The Kier molecular flexibility index (Phi) is 5.17. The smallest absolute Gasteiger partial charge is 0.254 e. The standard InChI is InChI=1S/C19H19N5O2/c1-12-15(19(26)21-13(2)20-12)8-11-18(25)22-17-10-9-16(23-24-17)14-6-4-3-5-7-14/h3-7,9-10H,8,11H2,1-2H3,(H,20,21,26)(H,22,24,25). The maximum atomic E-state index is 12.1. The highest BCUT2D eigenvalue weighted by atomic mass is 16.1. The van der Waals surface area contributed by atoms with Crippen LogP contribution in [0.3, 0.4) is 0 Å². The van der Waals surface area contributed by atoms with E-state index in [2.05, 4.69) is 25.5 Å². The van der Waals surface area contributed by atoms with Gasteiger partial charge in [-0.1, -0.05) is 30.3 Å². The summed E-state index contributed by atoms with van der Waals surface area (Å²) in [5.74, 6) is 0.711. The molecule has 0 spiro atoms. The van der Waals surface area contributed by atoms with Gasteiger partial charge < -0.3 is 10.3 Å². The van der Waals surface area contributed by atoms with Crippen LogP contribution >= 0.6 is 0 Å². The van der Waals surface area contributed by atoms with Crippen molar-refractivity contribution in [1.29, 1.82) is 0 Å². The quantitative estimate of drug-likeness (QED) is 0.737. The Morgan fingerprint density at radius 1 is 1.08 bits per heavy atom. The molecule has 0 aliphatic carbocycles. The Morgan fingerprint density at radius 2 is 1.85 bits per heavy atom. The summed E-state index contributed by atoms with van der Waals surface area (Å²) < 4.78 is 0. The first-order valence-corrected chi connectivity index (χ1v) is 8.28. The van der Waals surface area contributed by atoms with Gasteiger partial charge in [-0.25, -0.2) is 4.98 Å². The molecule has 7 heteroatoms. The Balaban J connectivity index is 1.61. The molecule has 0 aliphatic rings. The van der Waals surface area contributed by atoms with Gasteiger partial charge in [0.15, 0.2) is 5.82 Å². The number of nitrogens with zero attached hydrogens (tertiary/aromatic N) is 3. The highest BCUT2D eigenvalue weighted by Gasteiger charge is 2.10. The number of benzene rings is 1. The zero-order chi connectivity index (χ0) is 18.5. The normalized spacial score (nSPS) is 10.5. The molecule has 2 heterocycles. The van der Waals surface area contributed by atoms with Gasteiger partial charge in [-0.3, -0.25) is 9.59 Å². The molecule has 132 valence electrons. The number of nitrogens with one attached hydrogen (secondary N) is 2. The van der Waals surface area contributed by atoms with Gasteiger partial charge in [0.2, 0.25) is 5.91 Å². The van der Waals surface area contributed by atoms with Crippen LogP contribution in [0.15, 0.2) is 47.3 Å². The average Bonchev–Trinajstić information content (AvgIpc) is 2.62. The number of amides is 1. The summed E-state index contributed by atoms with van der Waals surface area (Å²) in [6, 6.07) is 13.2. The first-order chi connectivity index (χ1) is 12.5. The fraction of sp³-hybridized carbons (Fsp3) is 0.211. The van der Waals surface area contributed by atoms with Gasteiger partial charge in [-0.2, -0.15) is 0 Å². The van der Waals surface area contributed by atoms with Crippen molar-refractivity contribution in [2.24, 2.45) is 0 Å². The van der Waals surface area contributed by atoms with Gasteiger partial charge >= 0.3 is 0 Å². The number of H-pyrrole nitrogens is 1. The van der Waals surface area contributed by atoms with E-state index in [9.17, 15) is 9.59 Å². The molecule has 0 bridgehead atoms. The number of aromatic amines is 1. The topological polar surface area (TPSA) is 101 Å². The number of hydrogen-bond donors (Lipinski definition) is 2. The molecule has 0 atom stereocenters. The number of rotatable bonds is 5. The lowest BCUT2D eigenvalue weighted by Crippen LogP contribution is -2.20. The molecule has 1 amide bonds. The molecule has 2 aromatic heterocycles. The Labute approximate surface area is 150 Å². The van der Waals surface area contributed by atoms with Crippen LogP contribution in [0.2, 0.25) is 0 Å². The minimum atomic E-state index is -0.230. The molecule has 0 saturated carbocycles. The molecular formula is C19H19N5O2. The maximum Gasteiger partial charge on any atom is 0.254 e. The molecule has 1 aromatic carbocycles. The summed E-state index contributed by atoms with van der Waals surface area (Å²) in [4.78, 5) is 31.0. The molecule has 0 aliphatic heterocycles. The minimum Gasteiger partial charge on any atom is -0.311 e.